The van der Waals surface area contributed by atoms with Gasteiger partial charge >= 0.3 is 0 Å². The summed E-state index contributed by atoms with van der Waals surface area (Å²) in [5, 5.41) is 8.74. The van der Waals surface area contributed by atoms with E-state index in [1.807, 2.05) is 0 Å². The van der Waals surface area contributed by atoms with E-state index in [4.69, 9.17) is 16.3 Å². The molecule has 154 valence electrons. The number of nitrogens with zero attached hydrogens (tertiary/aromatic N) is 5. The summed E-state index contributed by atoms with van der Waals surface area (Å²) in [5.41, 5.74) is -0.127. The van der Waals surface area contributed by atoms with Crippen LogP contribution in [-0.4, -0.2) is 36.6 Å². The van der Waals surface area contributed by atoms with Crippen LogP contribution in [0.4, 0.5) is 17.6 Å². The number of rotatable bonds is 4. The summed E-state index contributed by atoms with van der Waals surface area (Å²) >= 11 is 5.76. The smallest absolute Gasteiger partial charge is 0.255 e. The molecule has 0 radical (unpaired) electrons. The maximum absolute atomic E-state index is 14.2. The molecule has 3 heterocycles. The van der Waals surface area contributed by atoms with E-state index in [0.29, 0.717) is 6.07 Å². The molecule has 0 unspecified atom stereocenters. The highest BCUT2D eigenvalue weighted by molar-refractivity contribution is 6.29. The molecule has 12 heteroatoms. The Bertz CT molecular complexity index is 1300. The van der Waals surface area contributed by atoms with Gasteiger partial charge in [0.05, 0.1) is 19.0 Å². The highest BCUT2D eigenvalue weighted by atomic mass is 35.5. The van der Waals surface area contributed by atoms with Crippen molar-refractivity contribution in [1.82, 2.24) is 24.3 Å². The summed E-state index contributed by atoms with van der Waals surface area (Å²) in [6.07, 6.45) is 1.80. The number of aromatic nitrogens is 5. The number of hydrogen-bond acceptors (Lipinski definition) is 6. The Labute approximate surface area is 170 Å². The molecule has 1 N–H and O–H groups in total. The first-order chi connectivity index (χ1) is 14.3. The normalized spacial score (nSPS) is 11.3. The van der Waals surface area contributed by atoms with Gasteiger partial charge in [-0.15, -0.1) is 0 Å². The fourth-order valence-corrected chi connectivity index (χ4v) is 2.95. The molecule has 0 bridgehead atoms. The first kappa shape index (κ1) is 19.8. The van der Waals surface area contributed by atoms with E-state index in [1.165, 1.54) is 13.3 Å². The van der Waals surface area contributed by atoms with Crippen LogP contribution in [0, 0.1) is 23.4 Å². The van der Waals surface area contributed by atoms with Gasteiger partial charge in [-0.1, -0.05) is 11.6 Å². The lowest BCUT2D eigenvalue weighted by Gasteiger charge is -2.10. The molecular weight excluding hydrogens is 430 g/mol. The molecule has 0 aliphatic rings. The minimum absolute atomic E-state index is 0.0318. The number of phenols is 1. The van der Waals surface area contributed by atoms with Gasteiger partial charge in [0.25, 0.3) is 5.88 Å². The topological polar surface area (TPSA) is 85.4 Å². The lowest BCUT2D eigenvalue weighted by atomic mass is 10.1. The zero-order valence-electron chi connectivity index (χ0n) is 15.0. The molecule has 0 spiro atoms. The van der Waals surface area contributed by atoms with Gasteiger partial charge in [-0.2, -0.15) is 13.8 Å². The predicted octanol–water partition coefficient (Wildman–Crippen LogP) is 3.70. The second-order valence-corrected chi connectivity index (χ2v) is 6.44. The van der Waals surface area contributed by atoms with E-state index in [0.717, 1.165) is 16.7 Å². The van der Waals surface area contributed by atoms with Crippen LogP contribution < -0.4 is 4.74 Å². The highest BCUT2D eigenvalue weighted by Crippen LogP contribution is 2.27. The Morgan fingerprint density at radius 2 is 1.87 bits per heavy atom. The van der Waals surface area contributed by atoms with Crippen molar-refractivity contribution >= 4 is 17.2 Å². The first-order valence-corrected chi connectivity index (χ1v) is 8.63. The van der Waals surface area contributed by atoms with Crippen molar-refractivity contribution in [3.63, 3.8) is 0 Å². The average molecular weight is 440 g/mol. The van der Waals surface area contributed by atoms with Gasteiger partial charge in [0.15, 0.2) is 28.2 Å². The first-order valence-electron chi connectivity index (χ1n) is 8.25. The Morgan fingerprint density at radius 3 is 2.60 bits per heavy atom. The number of halogens is 5. The van der Waals surface area contributed by atoms with Crippen molar-refractivity contribution in [2.75, 3.05) is 7.11 Å². The van der Waals surface area contributed by atoms with E-state index in [9.17, 15) is 22.7 Å². The molecule has 1 aromatic carbocycles. The number of hydrogen-bond donors (Lipinski definition) is 1. The van der Waals surface area contributed by atoms with Crippen LogP contribution in [-0.2, 0) is 6.42 Å². The van der Waals surface area contributed by atoms with E-state index >= 15 is 0 Å². The standard InChI is InChI=1S/C18H10ClF4N5O2/c1-30-18-14(23)15(19)26-16(27-18)11-6-28-13(22)5-24-17(28)10(25-11)3-7-2-9(21)12(29)4-8(7)20/h2,4-6,29H,3H2,1H3. The molecule has 4 aromatic rings. The number of ether oxygens (including phenoxy) is 1. The van der Waals surface area contributed by atoms with Gasteiger partial charge in [0.1, 0.15) is 11.5 Å². The summed E-state index contributed by atoms with van der Waals surface area (Å²) in [7, 11) is 1.17. The zero-order chi connectivity index (χ0) is 21.6. The van der Waals surface area contributed by atoms with Crippen LogP contribution in [0.5, 0.6) is 11.6 Å². The molecule has 0 aliphatic heterocycles. The van der Waals surface area contributed by atoms with Crippen LogP contribution >= 0.6 is 11.6 Å². The number of aromatic hydroxyl groups is 1. The van der Waals surface area contributed by atoms with Gasteiger partial charge in [-0.25, -0.2) is 23.7 Å². The third-order valence-electron chi connectivity index (χ3n) is 4.19. The van der Waals surface area contributed by atoms with Crippen LogP contribution in [0.3, 0.4) is 0 Å². The molecule has 0 fully saturated rings. The average Bonchev–Trinajstić information content (AvgIpc) is 3.09. The molecule has 3 aromatic heterocycles. The highest BCUT2D eigenvalue weighted by Gasteiger charge is 2.20. The molecule has 4 rings (SSSR count). The van der Waals surface area contributed by atoms with Crippen molar-refractivity contribution < 1.29 is 27.4 Å². The summed E-state index contributed by atoms with van der Waals surface area (Å²) < 4.78 is 61.7. The summed E-state index contributed by atoms with van der Waals surface area (Å²) in [5.74, 6) is -5.18. The lowest BCUT2D eigenvalue weighted by molar-refractivity contribution is 0.368. The third-order valence-corrected chi connectivity index (χ3v) is 4.44. The van der Waals surface area contributed by atoms with Gasteiger partial charge in [-0.3, -0.25) is 4.40 Å². The summed E-state index contributed by atoms with van der Waals surface area (Å²) in [4.78, 5) is 15.8. The number of imidazole rings is 1. The largest absolute Gasteiger partial charge is 0.505 e. The number of methoxy groups -OCH3 is 1. The molecule has 0 saturated heterocycles. The molecule has 0 saturated carbocycles. The lowest BCUT2D eigenvalue weighted by Crippen LogP contribution is -2.06. The van der Waals surface area contributed by atoms with Gasteiger partial charge < -0.3 is 9.84 Å². The fourth-order valence-electron chi connectivity index (χ4n) is 2.79. The monoisotopic (exact) mass is 439 g/mol. The SMILES string of the molecule is COc1nc(-c2cn3c(F)cnc3c(Cc3cc(F)c(O)cc3F)n2)nc(Cl)c1F. The number of benzene rings is 1. The Balaban J connectivity index is 1.90. The molecule has 0 amide bonds. The Hall–Kier alpha value is -3.47. The van der Waals surface area contributed by atoms with Crippen molar-refractivity contribution in [2.24, 2.45) is 0 Å². The Morgan fingerprint density at radius 1 is 1.10 bits per heavy atom. The van der Waals surface area contributed by atoms with Gasteiger partial charge in [0.2, 0.25) is 11.8 Å². The zero-order valence-corrected chi connectivity index (χ0v) is 15.8. The van der Waals surface area contributed by atoms with Crippen molar-refractivity contribution in [3.8, 4) is 23.1 Å². The van der Waals surface area contributed by atoms with Crippen molar-refractivity contribution in [3.05, 3.63) is 64.3 Å². The van der Waals surface area contributed by atoms with Gasteiger partial charge in [0, 0.05) is 18.7 Å². The number of phenolic OH excluding ortho intramolecular Hbond substituents is 1. The molecule has 30 heavy (non-hydrogen) atoms. The molecule has 0 atom stereocenters. The van der Waals surface area contributed by atoms with Crippen LogP contribution in [0.1, 0.15) is 11.3 Å². The van der Waals surface area contributed by atoms with Gasteiger partial charge in [-0.05, 0) is 11.6 Å². The molecule has 7 nitrogen and oxygen atoms in total. The molecule has 0 aliphatic carbocycles. The second kappa shape index (κ2) is 7.41. The third kappa shape index (κ3) is 3.36. The summed E-state index contributed by atoms with van der Waals surface area (Å²) in [6.45, 7) is 0. The van der Waals surface area contributed by atoms with Crippen LogP contribution in [0.25, 0.3) is 17.2 Å². The van der Waals surface area contributed by atoms with Crippen molar-refractivity contribution in [2.45, 2.75) is 6.42 Å². The van der Waals surface area contributed by atoms with E-state index in [2.05, 4.69) is 19.9 Å². The van der Waals surface area contributed by atoms with Crippen molar-refractivity contribution in [1.29, 1.82) is 0 Å². The van der Waals surface area contributed by atoms with Crippen LogP contribution in [0.2, 0.25) is 5.15 Å². The van der Waals surface area contributed by atoms with Crippen LogP contribution in [0.15, 0.2) is 24.5 Å². The summed E-state index contributed by atoms with van der Waals surface area (Å²) in [6, 6.07) is 1.41. The minimum atomic E-state index is -1.04. The Kier molecular flexibility index (Phi) is 4.90. The minimum Gasteiger partial charge on any atom is -0.505 e. The maximum Gasteiger partial charge on any atom is 0.255 e. The second-order valence-electron chi connectivity index (χ2n) is 6.08. The number of fused-ring (bicyclic) bond motifs is 1. The van der Waals surface area contributed by atoms with E-state index in [-0.39, 0.29) is 34.8 Å². The van der Waals surface area contributed by atoms with E-state index < -0.39 is 40.2 Å². The quantitative estimate of drug-likeness (QED) is 0.385. The predicted molar refractivity (Wildman–Crippen MR) is 96.3 cm³/mol. The fraction of sp³-hybridized carbons (Fsp3) is 0.111. The maximum atomic E-state index is 14.2. The van der Waals surface area contributed by atoms with E-state index in [1.54, 1.807) is 0 Å². The molecular formula is C18H10ClF4N5O2.